The fourth-order valence-electron chi connectivity index (χ4n) is 2.05. The largest absolute Gasteiger partial charge is 0.424 e. The first-order chi connectivity index (χ1) is 15.4. The normalized spacial score (nSPS) is 11.7. The minimum absolute atomic E-state index is 0.505. The molecule has 0 saturated carbocycles. The van der Waals surface area contributed by atoms with Gasteiger partial charge in [-0.05, 0) is 13.8 Å². The van der Waals surface area contributed by atoms with E-state index in [1.807, 2.05) is 0 Å². The number of aliphatic hydroxyl groups excluding tert-OH is 2. The van der Waals surface area contributed by atoms with Crippen LogP contribution in [-0.2, 0) is 47.9 Å². The van der Waals surface area contributed by atoms with Gasteiger partial charge < -0.3 is 34.3 Å². The van der Waals surface area contributed by atoms with Crippen LogP contribution in [0.3, 0.4) is 0 Å². The van der Waals surface area contributed by atoms with Crippen LogP contribution in [0.15, 0.2) is 50.6 Å². The molecular weight excluding hydrogens is 448 g/mol. The average molecular weight is 474 g/mol. The van der Waals surface area contributed by atoms with Gasteiger partial charge in [0.15, 0.2) is 0 Å². The standard InChI is InChI=1S/C20H26O13/c1-7-14(23)28-19(27,29-15(24)8-2)18(11-21,12-22)20(30-16(25)9-3,31-17(26)10-4)33-32-13(5)6/h7-10,13,21-22,27H,1-4,11-12H2,5-6H3. The van der Waals surface area contributed by atoms with E-state index in [1.165, 1.54) is 13.8 Å². The summed E-state index contributed by atoms with van der Waals surface area (Å²) in [5.74, 6) is -13.0. The molecule has 0 aliphatic rings. The molecule has 13 heteroatoms. The number of ether oxygens (including phenoxy) is 4. The van der Waals surface area contributed by atoms with E-state index in [0.29, 0.717) is 24.3 Å². The minimum atomic E-state index is -3.77. The fraction of sp³-hybridized carbons (Fsp3) is 0.400. The van der Waals surface area contributed by atoms with Crippen molar-refractivity contribution in [2.75, 3.05) is 13.2 Å². The highest BCUT2D eigenvalue weighted by molar-refractivity contribution is 5.84. The van der Waals surface area contributed by atoms with Crippen molar-refractivity contribution in [1.82, 2.24) is 0 Å². The molecule has 0 fully saturated rings. The second-order valence-electron chi connectivity index (χ2n) is 6.27. The van der Waals surface area contributed by atoms with Crippen molar-refractivity contribution in [1.29, 1.82) is 0 Å². The molecule has 0 bridgehead atoms. The Morgan fingerprint density at radius 2 is 1.09 bits per heavy atom. The molecular formula is C20H26O13. The lowest BCUT2D eigenvalue weighted by Gasteiger charge is -2.48. The highest BCUT2D eigenvalue weighted by Crippen LogP contribution is 2.47. The third-order valence-electron chi connectivity index (χ3n) is 3.70. The quantitative estimate of drug-likeness (QED) is 0.0910. The Morgan fingerprint density at radius 1 is 0.758 bits per heavy atom. The summed E-state index contributed by atoms with van der Waals surface area (Å²) in [7, 11) is 0. The van der Waals surface area contributed by atoms with Crippen molar-refractivity contribution in [3.8, 4) is 0 Å². The molecule has 0 radical (unpaired) electrons. The zero-order chi connectivity index (χ0) is 25.9. The summed E-state index contributed by atoms with van der Waals surface area (Å²) in [6.07, 6.45) is 1.23. The topological polar surface area (TPSA) is 184 Å². The monoisotopic (exact) mass is 474 g/mol. The van der Waals surface area contributed by atoms with Crippen molar-refractivity contribution in [3.63, 3.8) is 0 Å². The maximum atomic E-state index is 12.1. The Bertz CT molecular complexity index is 735. The van der Waals surface area contributed by atoms with Gasteiger partial charge in [0.2, 0.25) is 5.41 Å². The van der Waals surface area contributed by atoms with Crippen molar-refractivity contribution in [3.05, 3.63) is 50.6 Å². The van der Waals surface area contributed by atoms with Gasteiger partial charge in [0.05, 0.1) is 19.3 Å². The lowest BCUT2D eigenvalue weighted by molar-refractivity contribution is -0.562. The van der Waals surface area contributed by atoms with Gasteiger partial charge in [0.1, 0.15) is 0 Å². The highest BCUT2D eigenvalue weighted by atomic mass is 17.3. The zero-order valence-electron chi connectivity index (χ0n) is 18.1. The SMILES string of the molecule is C=CC(=O)OC(O)(OC(=O)C=C)C(CO)(CO)C(OOC(C)C)(OC(=O)C=C)OC(=O)C=C. The summed E-state index contributed by atoms with van der Waals surface area (Å²) >= 11 is 0. The van der Waals surface area contributed by atoms with E-state index < -0.39 is 60.6 Å². The number of carbonyl (C=O) groups excluding carboxylic acids is 4. The Hall–Kier alpha value is -3.36. The van der Waals surface area contributed by atoms with E-state index in [2.05, 4.69) is 35.8 Å². The summed E-state index contributed by atoms with van der Waals surface area (Å²) in [4.78, 5) is 57.9. The van der Waals surface area contributed by atoms with Crippen LogP contribution in [0.1, 0.15) is 13.8 Å². The van der Waals surface area contributed by atoms with Gasteiger partial charge in [-0.1, -0.05) is 26.3 Å². The van der Waals surface area contributed by atoms with Crippen molar-refractivity contribution in [2.24, 2.45) is 5.41 Å². The van der Waals surface area contributed by atoms with E-state index in [9.17, 15) is 34.5 Å². The van der Waals surface area contributed by atoms with Crippen LogP contribution in [0.4, 0.5) is 0 Å². The number of rotatable bonds is 15. The zero-order valence-corrected chi connectivity index (χ0v) is 18.1. The molecule has 0 aromatic heterocycles. The molecule has 0 amide bonds. The molecule has 0 atom stereocenters. The van der Waals surface area contributed by atoms with Crippen LogP contribution >= 0.6 is 0 Å². The Balaban J connectivity index is 7.37. The van der Waals surface area contributed by atoms with E-state index >= 15 is 0 Å². The summed E-state index contributed by atoms with van der Waals surface area (Å²) in [6, 6.07) is 0. The third kappa shape index (κ3) is 6.81. The molecule has 0 unspecified atom stereocenters. The lowest BCUT2D eigenvalue weighted by Crippen LogP contribution is -2.72. The van der Waals surface area contributed by atoms with Crippen molar-refractivity contribution >= 4 is 23.9 Å². The average Bonchev–Trinajstić information content (AvgIpc) is 2.77. The van der Waals surface area contributed by atoms with Crippen LogP contribution in [-0.4, -0.2) is 70.5 Å². The summed E-state index contributed by atoms with van der Waals surface area (Å²) in [6.45, 7) is 12.1. The van der Waals surface area contributed by atoms with Crippen molar-refractivity contribution < 1.29 is 63.2 Å². The molecule has 0 aromatic carbocycles. The predicted octanol–water partition coefficient (Wildman–Crippen LogP) is -0.469. The first-order valence-corrected chi connectivity index (χ1v) is 9.06. The van der Waals surface area contributed by atoms with Gasteiger partial charge in [-0.3, -0.25) is 0 Å². The molecule has 13 nitrogen and oxygen atoms in total. The summed E-state index contributed by atoms with van der Waals surface area (Å²) in [5.41, 5.74) is -3.23. The maximum absolute atomic E-state index is 12.1. The molecule has 0 rings (SSSR count). The Kier molecular flexibility index (Phi) is 11.3. The number of hydrogen-bond donors (Lipinski definition) is 3. The van der Waals surface area contributed by atoms with Crippen LogP contribution in [0, 0.1) is 5.41 Å². The molecule has 3 N–H and O–H groups in total. The fourth-order valence-corrected chi connectivity index (χ4v) is 2.05. The van der Waals surface area contributed by atoms with Crippen molar-refractivity contribution in [2.45, 2.75) is 31.9 Å². The Morgan fingerprint density at radius 3 is 1.36 bits per heavy atom. The second-order valence-corrected chi connectivity index (χ2v) is 6.27. The molecule has 0 heterocycles. The molecule has 0 aromatic rings. The van der Waals surface area contributed by atoms with E-state index in [0.717, 1.165) is 0 Å². The molecule has 0 spiro atoms. The van der Waals surface area contributed by atoms with Crippen LogP contribution in [0.2, 0.25) is 0 Å². The first-order valence-electron chi connectivity index (χ1n) is 9.06. The van der Waals surface area contributed by atoms with Gasteiger partial charge in [0, 0.05) is 24.3 Å². The summed E-state index contributed by atoms with van der Waals surface area (Å²) in [5, 5.41) is 31.6. The number of hydrogen-bond acceptors (Lipinski definition) is 13. The molecule has 0 saturated heterocycles. The van der Waals surface area contributed by atoms with E-state index in [4.69, 9.17) is 19.2 Å². The van der Waals surface area contributed by atoms with Crippen LogP contribution in [0.5, 0.6) is 0 Å². The molecule has 184 valence electrons. The maximum Gasteiger partial charge on any atom is 0.424 e. The van der Waals surface area contributed by atoms with Gasteiger partial charge in [-0.15, -0.1) is 4.89 Å². The van der Waals surface area contributed by atoms with Crippen LogP contribution < -0.4 is 0 Å². The Labute approximate surface area is 189 Å². The second kappa shape index (κ2) is 12.6. The highest BCUT2D eigenvalue weighted by Gasteiger charge is 2.76. The molecule has 0 aliphatic heterocycles. The number of aliphatic hydroxyl groups is 3. The third-order valence-corrected chi connectivity index (χ3v) is 3.70. The summed E-state index contributed by atoms with van der Waals surface area (Å²) < 4.78 is 19.2. The lowest BCUT2D eigenvalue weighted by atomic mass is 9.82. The predicted molar refractivity (Wildman–Crippen MR) is 107 cm³/mol. The van der Waals surface area contributed by atoms with Gasteiger partial charge in [-0.25, -0.2) is 24.1 Å². The minimum Gasteiger partial charge on any atom is -0.395 e. The molecule has 33 heavy (non-hydrogen) atoms. The first kappa shape index (κ1) is 29.6. The van der Waals surface area contributed by atoms with E-state index in [-0.39, 0.29) is 0 Å². The smallest absolute Gasteiger partial charge is 0.395 e. The number of carbonyl (C=O) groups is 4. The van der Waals surface area contributed by atoms with Gasteiger partial charge >= 0.3 is 35.8 Å². The van der Waals surface area contributed by atoms with Gasteiger partial charge in [-0.2, -0.15) is 0 Å². The van der Waals surface area contributed by atoms with Gasteiger partial charge in [0.25, 0.3) is 0 Å². The molecule has 0 aliphatic carbocycles. The van der Waals surface area contributed by atoms with E-state index in [1.54, 1.807) is 0 Å². The van der Waals surface area contributed by atoms with Crippen LogP contribution in [0.25, 0.3) is 0 Å². The number of esters is 4.